The SMILES string of the molecule is CCCCCCCCOC(=O)c1ccc(-c2ccc(OC(=O)c3ccc(OC(C)CCCCCC)c(C(F)(F)F)c3)cc2)cc1. The Morgan fingerprint density at radius 2 is 1.24 bits per heavy atom. The predicted octanol–water partition coefficient (Wildman–Crippen LogP) is 10.8. The molecule has 3 aromatic carbocycles. The van der Waals surface area contributed by atoms with Crippen LogP contribution in [-0.2, 0) is 10.9 Å². The third-order valence-corrected chi connectivity index (χ3v) is 7.56. The zero-order valence-corrected chi connectivity index (χ0v) is 26.6. The highest BCUT2D eigenvalue weighted by molar-refractivity contribution is 5.92. The fraction of sp³-hybridized carbons (Fsp3) is 0.459. The van der Waals surface area contributed by atoms with Crippen LogP contribution < -0.4 is 9.47 Å². The molecule has 0 amide bonds. The Labute approximate surface area is 265 Å². The number of unbranched alkanes of at least 4 members (excludes halogenated alkanes) is 8. The van der Waals surface area contributed by atoms with E-state index >= 15 is 0 Å². The maximum Gasteiger partial charge on any atom is 0.419 e. The molecule has 0 aliphatic carbocycles. The molecule has 0 saturated carbocycles. The summed E-state index contributed by atoms with van der Waals surface area (Å²) < 4.78 is 57.9. The summed E-state index contributed by atoms with van der Waals surface area (Å²) in [5.41, 5.74) is 0.874. The van der Waals surface area contributed by atoms with E-state index in [9.17, 15) is 22.8 Å². The van der Waals surface area contributed by atoms with Crippen LogP contribution in [0, 0.1) is 0 Å². The van der Waals surface area contributed by atoms with E-state index in [4.69, 9.17) is 14.2 Å². The lowest BCUT2D eigenvalue weighted by molar-refractivity contribution is -0.139. The first kappa shape index (κ1) is 35.7. The minimum Gasteiger partial charge on any atom is -0.490 e. The molecule has 5 nitrogen and oxygen atoms in total. The van der Waals surface area contributed by atoms with Crippen molar-refractivity contribution in [3.8, 4) is 22.6 Å². The number of carbonyl (C=O) groups excluding carboxylic acids is 2. The van der Waals surface area contributed by atoms with Gasteiger partial charge in [0.2, 0.25) is 0 Å². The van der Waals surface area contributed by atoms with E-state index in [1.807, 2.05) is 0 Å². The molecule has 0 N–H and O–H groups in total. The van der Waals surface area contributed by atoms with Crippen molar-refractivity contribution < 1.29 is 37.0 Å². The van der Waals surface area contributed by atoms with Crippen LogP contribution in [0.3, 0.4) is 0 Å². The Hall–Kier alpha value is -3.81. The second kappa shape index (κ2) is 18.2. The molecule has 8 heteroatoms. The summed E-state index contributed by atoms with van der Waals surface area (Å²) in [5, 5.41) is 0. The van der Waals surface area contributed by atoms with E-state index in [0.29, 0.717) is 18.6 Å². The van der Waals surface area contributed by atoms with Crippen LogP contribution in [0.25, 0.3) is 11.1 Å². The minimum atomic E-state index is -4.70. The van der Waals surface area contributed by atoms with Gasteiger partial charge < -0.3 is 14.2 Å². The molecule has 0 saturated heterocycles. The van der Waals surface area contributed by atoms with Gasteiger partial charge >= 0.3 is 18.1 Å². The number of ether oxygens (including phenoxy) is 3. The second-order valence-electron chi connectivity index (χ2n) is 11.4. The molecule has 3 aromatic rings. The monoisotopic (exact) mass is 626 g/mol. The highest BCUT2D eigenvalue weighted by Gasteiger charge is 2.36. The molecule has 0 radical (unpaired) electrons. The van der Waals surface area contributed by atoms with Crippen LogP contribution in [0.5, 0.6) is 11.5 Å². The standard InChI is InChI=1S/C37H45F3O5/c1-4-6-8-10-11-13-25-43-35(41)30-17-15-28(16-18-30)29-19-22-32(23-20-29)45-36(42)31-21-24-34(33(26-31)37(38,39)40)44-27(3)14-12-9-7-5-2/h15-24,26-27H,4-14,25H2,1-3H3. The van der Waals surface area contributed by atoms with Crippen molar-refractivity contribution in [3.05, 3.63) is 83.4 Å². The molecule has 244 valence electrons. The van der Waals surface area contributed by atoms with Gasteiger partial charge in [0.05, 0.1) is 29.4 Å². The summed E-state index contributed by atoms with van der Waals surface area (Å²) in [5.74, 6) is -1.38. The quantitative estimate of drug-likeness (QED) is 0.0799. The van der Waals surface area contributed by atoms with Gasteiger partial charge in [0, 0.05) is 0 Å². The van der Waals surface area contributed by atoms with Gasteiger partial charge in [-0.1, -0.05) is 89.5 Å². The topological polar surface area (TPSA) is 61.8 Å². The molecule has 0 fully saturated rings. The Balaban J connectivity index is 1.57. The van der Waals surface area contributed by atoms with E-state index in [-0.39, 0.29) is 29.1 Å². The lowest BCUT2D eigenvalue weighted by Crippen LogP contribution is -2.17. The van der Waals surface area contributed by atoms with E-state index in [1.54, 1.807) is 55.5 Å². The van der Waals surface area contributed by atoms with E-state index in [1.165, 1.54) is 31.4 Å². The first-order chi connectivity index (χ1) is 21.6. The van der Waals surface area contributed by atoms with Crippen molar-refractivity contribution in [1.29, 1.82) is 0 Å². The molecule has 0 aliphatic rings. The summed E-state index contributed by atoms with van der Waals surface area (Å²) in [4.78, 5) is 25.1. The Bertz CT molecular complexity index is 1330. The first-order valence-corrected chi connectivity index (χ1v) is 16.1. The molecule has 0 bridgehead atoms. The van der Waals surface area contributed by atoms with Crippen LogP contribution in [-0.4, -0.2) is 24.6 Å². The van der Waals surface area contributed by atoms with Gasteiger partial charge in [0.1, 0.15) is 11.5 Å². The molecule has 0 aromatic heterocycles. The van der Waals surface area contributed by atoms with Crippen molar-refractivity contribution in [2.75, 3.05) is 6.61 Å². The fourth-order valence-corrected chi connectivity index (χ4v) is 4.93. The Morgan fingerprint density at radius 1 is 0.689 bits per heavy atom. The normalized spacial score (nSPS) is 12.0. The van der Waals surface area contributed by atoms with Gasteiger partial charge in [-0.3, -0.25) is 0 Å². The van der Waals surface area contributed by atoms with E-state index in [0.717, 1.165) is 62.1 Å². The van der Waals surface area contributed by atoms with Crippen molar-refractivity contribution in [2.24, 2.45) is 0 Å². The predicted molar refractivity (Wildman–Crippen MR) is 171 cm³/mol. The second-order valence-corrected chi connectivity index (χ2v) is 11.4. The van der Waals surface area contributed by atoms with Gasteiger partial charge in [-0.25, -0.2) is 9.59 Å². The maximum atomic E-state index is 13.9. The van der Waals surface area contributed by atoms with Crippen LogP contribution in [0.2, 0.25) is 0 Å². The highest BCUT2D eigenvalue weighted by atomic mass is 19.4. The Kier molecular flexibility index (Phi) is 14.4. The summed E-state index contributed by atoms with van der Waals surface area (Å²) in [6.07, 6.45) is 6.27. The number of alkyl halides is 3. The first-order valence-electron chi connectivity index (χ1n) is 16.1. The lowest BCUT2D eigenvalue weighted by Gasteiger charge is -2.19. The average molecular weight is 627 g/mol. The van der Waals surface area contributed by atoms with Crippen molar-refractivity contribution >= 4 is 11.9 Å². The number of hydrogen-bond donors (Lipinski definition) is 0. The summed E-state index contributed by atoms with van der Waals surface area (Å²) in [6, 6.07) is 16.8. The number of carbonyl (C=O) groups is 2. The molecule has 0 spiro atoms. The van der Waals surface area contributed by atoms with Gasteiger partial charge in [-0.2, -0.15) is 13.2 Å². The summed E-state index contributed by atoms with van der Waals surface area (Å²) in [7, 11) is 0. The summed E-state index contributed by atoms with van der Waals surface area (Å²) >= 11 is 0. The van der Waals surface area contributed by atoms with Crippen molar-refractivity contribution in [2.45, 2.75) is 104 Å². The van der Waals surface area contributed by atoms with E-state index in [2.05, 4.69) is 13.8 Å². The number of hydrogen-bond acceptors (Lipinski definition) is 5. The van der Waals surface area contributed by atoms with Gasteiger partial charge in [-0.05, 0) is 79.8 Å². The van der Waals surface area contributed by atoms with Crippen molar-refractivity contribution in [3.63, 3.8) is 0 Å². The fourth-order valence-electron chi connectivity index (χ4n) is 4.93. The van der Waals surface area contributed by atoms with Crippen LogP contribution in [0.1, 0.15) is 118 Å². The third-order valence-electron chi connectivity index (χ3n) is 7.56. The van der Waals surface area contributed by atoms with Crippen LogP contribution >= 0.6 is 0 Å². The average Bonchev–Trinajstić information content (AvgIpc) is 3.02. The molecular formula is C37H45F3O5. The van der Waals surface area contributed by atoms with Crippen LogP contribution in [0.4, 0.5) is 13.2 Å². The third kappa shape index (κ3) is 11.9. The minimum absolute atomic E-state index is 0.188. The number of halogens is 3. The molecule has 3 rings (SSSR count). The van der Waals surface area contributed by atoms with Crippen LogP contribution in [0.15, 0.2) is 66.7 Å². The number of esters is 2. The zero-order valence-electron chi connectivity index (χ0n) is 26.6. The molecular weight excluding hydrogens is 581 g/mol. The zero-order chi connectivity index (χ0) is 32.7. The molecule has 1 unspecified atom stereocenters. The lowest BCUT2D eigenvalue weighted by atomic mass is 10.0. The number of rotatable bonds is 18. The van der Waals surface area contributed by atoms with E-state index < -0.39 is 17.7 Å². The van der Waals surface area contributed by atoms with Gasteiger partial charge in [0.25, 0.3) is 0 Å². The number of benzene rings is 3. The summed E-state index contributed by atoms with van der Waals surface area (Å²) in [6.45, 7) is 6.42. The smallest absolute Gasteiger partial charge is 0.419 e. The Morgan fingerprint density at radius 3 is 1.87 bits per heavy atom. The van der Waals surface area contributed by atoms with Crippen molar-refractivity contribution in [1.82, 2.24) is 0 Å². The molecule has 0 heterocycles. The van der Waals surface area contributed by atoms with Gasteiger partial charge in [0.15, 0.2) is 0 Å². The molecule has 1 atom stereocenters. The molecule has 45 heavy (non-hydrogen) atoms. The highest BCUT2D eigenvalue weighted by Crippen LogP contribution is 2.38. The molecule has 0 aliphatic heterocycles. The van der Waals surface area contributed by atoms with Gasteiger partial charge in [-0.15, -0.1) is 0 Å². The maximum absolute atomic E-state index is 13.9. The largest absolute Gasteiger partial charge is 0.490 e.